The fourth-order valence-corrected chi connectivity index (χ4v) is 4.50. The van der Waals surface area contributed by atoms with Crippen LogP contribution in [0, 0.1) is 6.92 Å². The van der Waals surface area contributed by atoms with Gasteiger partial charge in [0.2, 0.25) is 11.9 Å². The van der Waals surface area contributed by atoms with Crippen molar-refractivity contribution in [3.8, 4) is 10.6 Å². The molecule has 0 spiro atoms. The SMILES string of the molecule is Cc1nc(-c2ccsc2)sc1C(=O)Nc1nc(N2CCCCC2)n[nH]1. The summed E-state index contributed by atoms with van der Waals surface area (Å²) in [7, 11) is 0. The number of carbonyl (C=O) groups is 1. The quantitative estimate of drug-likeness (QED) is 0.729. The lowest BCUT2D eigenvalue weighted by Gasteiger charge is -2.24. The summed E-state index contributed by atoms with van der Waals surface area (Å²) >= 11 is 3.01. The zero-order valence-corrected chi connectivity index (χ0v) is 15.4. The van der Waals surface area contributed by atoms with Crippen molar-refractivity contribution < 1.29 is 4.79 Å². The van der Waals surface area contributed by atoms with Gasteiger partial charge >= 0.3 is 0 Å². The normalized spacial score (nSPS) is 14.7. The second-order valence-electron chi connectivity index (χ2n) is 5.93. The van der Waals surface area contributed by atoms with Gasteiger partial charge in [-0.25, -0.2) is 10.1 Å². The van der Waals surface area contributed by atoms with Crippen LogP contribution in [0.4, 0.5) is 11.9 Å². The molecule has 0 atom stereocenters. The van der Waals surface area contributed by atoms with Gasteiger partial charge in [-0.3, -0.25) is 10.1 Å². The van der Waals surface area contributed by atoms with E-state index in [1.165, 1.54) is 17.8 Å². The Bertz CT molecular complexity index is 863. The van der Waals surface area contributed by atoms with E-state index in [4.69, 9.17) is 0 Å². The number of hydrogen-bond acceptors (Lipinski definition) is 7. The van der Waals surface area contributed by atoms with E-state index in [9.17, 15) is 4.79 Å². The van der Waals surface area contributed by atoms with Crippen LogP contribution < -0.4 is 10.2 Å². The summed E-state index contributed by atoms with van der Waals surface area (Å²) in [6.45, 7) is 3.77. The number of thiazole rings is 1. The van der Waals surface area contributed by atoms with Gasteiger partial charge in [0, 0.05) is 24.0 Å². The summed E-state index contributed by atoms with van der Waals surface area (Å²) < 4.78 is 0. The van der Waals surface area contributed by atoms with Gasteiger partial charge in [-0.2, -0.15) is 16.3 Å². The third kappa shape index (κ3) is 3.42. The van der Waals surface area contributed by atoms with E-state index < -0.39 is 0 Å². The van der Waals surface area contributed by atoms with Crippen LogP contribution in [0.2, 0.25) is 0 Å². The lowest BCUT2D eigenvalue weighted by molar-refractivity contribution is 0.102. The van der Waals surface area contributed by atoms with Crippen molar-refractivity contribution in [3.63, 3.8) is 0 Å². The fourth-order valence-electron chi connectivity index (χ4n) is 2.83. The number of thiophene rings is 1. The van der Waals surface area contributed by atoms with Crippen LogP contribution in [0.1, 0.15) is 34.6 Å². The molecule has 0 saturated carbocycles. The average Bonchev–Trinajstić information content (AvgIpc) is 3.35. The monoisotopic (exact) mass is 374 g/mol. The van der Waals surface area contributed by atoms with E-state index >= 15 is 0 Å². The number of amides is 1. The first-order chi connectivity index (χ1) is 12.2. The smallest absolute Gasteiger partial charge is 0.270 e. The van der Waals surface area contributed by atoms with Gasteiger partial charge in [0.25, 0.3) is 5.91 Å². The first-order valence-electron chi connectivity index (χ1n) is 8.19. The van der Waals surface area contributed by atoms with Gasteiger partial charge < -0.3 is 4.90 Å². The Morgan fingerprint density at radius 3 is 2.88 bits per heavy atom. The maximum atomic E-state index is 12.6. The van der Waals surface area contributed by atoms with Crippen LogP contribution in [-0.4, -0.2) is 39.2 Å². The van der Waals surface area contributed by atoms with E-state index in [1.807, 2.05) is 23.8 Å². The average molecular weight is 374 g/mol. The second kappa shape index (κ2) is 6.93. The molecule has 2 N–H and O–H groups in total. The fraction of sp³-hybridized carbons (Fsp3) is 0.375. The van der Waals surface area contributed by atoms with Crippen molar-refractivity contribution in [2.75, 3.05) is 23.3 Å². The molecule has 4 rings (SSSR count). The Hall–Kier alpha value is -2.26. The summed E-state index contributed by atoms with van der Waals surface area (Å²) in [5, 5.41) is 14.7. The number of anilines is 2. The molecule has 1 aliphatic heterocycles. The van der Waals surface area contributed by atoms with Gasteiger partial charge in [-0.1, -0.05) is 0 Å². The van der Waals surface area contributed by atoms with Gasteiger partial charge in [-0.05, 0) is 37.6 Å². The summed E-state index contributed by atoms with van der Waals surface area (Å²) in [5.74, 6) is 0.809. The third-order valence-corrected chi connectivity index (χ3v) is 6.00. The molecule has 130 valence electrons. The van der Waals surface area contributed by atoms with Crippen molar-refractivity contribution in [1.29, 1.82) is 0 Å². The van der Waals surface area contributed by atoms with Crippen LogP contribution in [0.5, 0.6) is 0 Å². The second-order valence-corrected chi connectivity index (χ2v) is 7.71. The molecule has 9 heteroatoms. The van der Waals surface area contributed by atoms with E-state index in [0.29, 0.717) is 16.8 Å². The Labute approximate surface area is 153 Å². The molecule has 0 unspecified atom stereocenters. The lowest BCUT2D eigenvalue weighted by Crippen LogP contribution is -2.30. The van der Waals surface area contributed by atoms with E-state index in [2.05, 4.69) is 30.4 Å². The lowest BCUT2D eigenvalue weighted by atomic mass is 10.1. The first-order valence-corrected chi connectivity index (χ1v) is 9.95. The molecule has 7 nitrogen and oxygen atoms in total. The summed E-state index contributed by atoms with van der Waals surface area (Å²) in [4.78, 5) is 24.2. The molecule has 0 bridgehead atoms. The van der Waals surface area contributed by atoms with Gasteiger partial charge in [-0.15, -0.1) is 16.4 Å². The number of H-pyrrole nitrogens is 1. The summed E-state index contributed by atoms with van der Waals surface area (Å²) in [5.41, 5.74) is 1.77. The zero-order valence-electron chi connectivity index (χ0n) is 13.8. The van der Waals surface area contributed by atoms with Crippen molar-refractivity contribution in [2.45, 2.75) is 26.2 Å². The highest BCUT2D eigenvalue weighted by Gasteiger charge is 2.19. The van der Waals surface area contributed by atoms with Crippen molar-refractivity contribution in [2.24, 2.45) is 0 Å². The molecular weight excluding hydrogens is 356 g/mol. The van der Waals surface area contributed by atoms with Crippen molar-refractivity contribution in [3.05, 3.63) is 27.4 Å². The molecule has 25 heavy (non-hydrogen) atoms. The zero-order chi connectivity index (χ0) is 17.2. The predicted molar refractivity (Wildman–Crippen MR) is 101 cm³/mol. The molecule has 0 radical (unpaired) electrons. The van der Waals surface area contributed by atoms with E-state index in [-0.39, 0.29) is 5.91 Å². The highest BCUT2D eigenvalue weighted by atomic mass is 32.1. The van der Waals surface area contributed by atoms with Crippen LogP contribution >= 0.6 is 22.7 Å². The maximum absolute atomic E-state index is 12.6. The van der Waals surface area contributed by atoms with E-state index in [1.54, 1.807) is 11.3 Å². The van der Waals surface area contributed by atoms with E-state index in [0.717, 1.165) is 42.2 Å². The molecule has 3 aromatic rings. The Kier molecular flexibility index (Phi) is 4.50. The van der Waals surface area contributed by atoms with Crippen molar-refractivity contribution in [1.82, 2.24) is 20.2 Å². The number of hydrogen-bond donors (Lipinski definition) is 2. The molecule has 1 aliphatic rings. The Balaban J connectivity index is 1.48. The number of aromatic amines is 1. The first kappa shape index (κ1) is 16.2. The Morgan fingerprint density at radius 1 is 1.28 bits per heavy atom. The number of nitrogens with zero attached hydrogens (tertiary/aromatic N) is 4. The number of rotatable bonds is 4. The van der Waals surface area contributed by atoms with Gasteiger partial charge in [0.1, 0.15) is 9.88 Å². The molecule has 1 saturated heterocycles. The van der Waals surface area contributed by atoms with Gasteiger partial charge in [0.05, 0.1) is 5.69 Å². The number of aryl methyl sites for hydroxylation is 1. The summed E-state index contributed by atoms with van der Waals surface area (Å²) in [6, 6.07) is 2.01. The molecular formula is C16H18N6OS2. The number of nitrogens with one attached hydrogen (secondary N) is 2. The molecule has 0 aromatic carbocycles. The largest absolute Gasteiger partial charge is 0.340 e. The van der Waals surface area contributed by atoms with Crippen LogP contribution in [0.25, 0.3) is 10.6 Å². The molecule has 3 aromatic heterocycles. The topological polar surface area (TPSA) is 86.8 Å². The standard InChI is InChI=1S/C16H18N6OS2/c1-10-12(25-14(17-10)11-5-8-24-9-11)13(23)18-15-19-16(21-20-15)22-6-3-2-4-7-22/h5,8-9H,2-4,6-7H2,1H3,(H2,18,19,20,21,23). The number of aromatic nitrogens is 4. The predicted octanol–water partition coefficient (Wildman–Crippen LogP) is 3.54. The summed E-state index contributed by atoms with van der Waals surface area (Å²) in [6.07, 6.45) is 3.56. The third-order valence-electron chi connectivity index (χ3n) is 4.12. The van der Waals surface area contributed by atoms with Crippen LogP contribution in [0.3, 0.4) is 0 Å². The van der Waals surface area contributed by atoms with Crippen LogP contribution in [-0.2, 0) is 0 Å². The maximum Gasteiger partial charge on any atom is 0.270 e. The van der Waals surface area contributed by atoms with Crippen LogP contribution in [0.15, 0.2) is 16.8 Å². The minimum absolute atomic E-state index is 0.210. The molecule has 1 fully saturated rings. The highest BCUT2D eigenvalue weighted by molar-refractivity contribution is 7.17. The molecule has 0 aliphatic carbocycles. The van der Waals surface area contributed by atoms with Gasteiger partial charge in [0.15, 0.2) is 0 Å². The molecule has 1 amide bonds. The molecule has 4 heterocycles. The minimum Gasteiger partial charge on any atom is -0.340 e. The minimum atomic E-state index is -0.210. The van der Waals surface area contributed by atoms with Crippen molar-refractivity contribution >= 4 is 40.5 Å². The number of carbonyl (C=O) groups excluding carboxylic acids is 1. The Morgan fingerprint density at radius 2 is 2.12 bits per heavy atom. The number of piperidine rings is 1. The highest BCUT2D eigenvalue weighted by Crippen LogP contribution is 2.29.